The molecule has 1 saturated heterocycles. The molecule has 2 N–H and O–H groups in total. The number of hydrogen-bond acceptors (Lipinski definition) is 7. The van der Waals surface area contributed by atoms with Gasteiger partial charge in [0.25, 0.3) is 6.01 Å². The molecule has 0 aliphatic carbocycles. The molecule has 0 spiro atoms. The predicted molar refractivity (Wildman–Crippen MR) is 129 cm³/mol. The molecule has 0 bridgehead atoms. The summed E-state index contributed by atoms with van der Waals surface area (Å²) in [4.78, 5) is 35.2. The van der Waals surface area contributed by atoms with Crippen LogP contribution in [0.15, 0.2) is 58.3 Å². The fraction of sp³-hybridized carbons (Fsp3) is 0.250. The molecule has 3 heterocycles. The van der Waals surface area contributed by atoms with E-state index in [1.165, 1.54) is 18.3 Å². The molecule has 4 aromatic rings. The molecule has 168 valence electrons. The number of aromatic nitrogens is 2. The number of para-hydroxylation sites is 2. The Morgan fingerprint density at radius 2 is 1.79 bits per heavy atom. The van der Waals surface area contributed by atoms with Crippen LogP contribution in [0.5, 0.6) is 0 Å². The summed E-state index contributed by atoms with van der Waals surface area (Å²) in [6, 6.07) is 15.8. The van der Waals surface area contributed by atoms with E-state index in [1.807, 2.05) is 53.9 Å². The van der Waals surface area contributed by atoms with Gasteiger partial charge in [-0.3, -0.25) is 9.59 Å². The molecule has 8 nitrogen and oxygen atoms in total. The lowest BCUT2D eigenvalue weighted by Gasteiger charge is -2.29. The van der Waals surface area contributed by atoms with Gasteiger partial charge in [-0.2, -0.15) is 4.98 Å². The second-order valence-electron chi connectivity index (χ2n) is 8.01. The van der Waals surface area contributed by atoms with Crippen LogP contribution >= 0.6 is 11.3 Å². The maximum absolute atomic E-state index is 12.8. The van der Waals surface area contributed by atoms with Gasteiger partial charge in [0, 0.05) is 42.6 Å². The summed E-state index contributed by atoms with van der Waals surface area (Å²) in [6.07, 6.45) is 1.46. The Labute approximate surface area is 194 Å². The SMILES string of the molecule is CC(=O)Nc1ccc(-c2csc(NC(=O)C3CCN(c4nc5ccccc5o4)CC3)n2)cc1. The number of hydrogen-bond donors (Lipinski definition) is 2. The van der Waals surface area contributed by atoms with Crippen molar-refractivity contribution in [3.63, 3.8) is 0 Å². The summed E-state index contributed by atoms with van der Waals surface area (Å²) >= 11 is 1.40. The second-order valence-corrected chi connectivity index (χ2v) is 8.87. The highest BCUT2D eigenvalue weighted by Crippen LogP contribution is 2.29. The summed E-state index contributed by atoms with van der Waals surface area (Å²) in [6.45, 7) is 2.91. The van der Waals surface area contributed by atoms with Crippen LogP contribution in [0.25, 0.3) is 22.4 Å². The number of rotatable bonds is 5. The smallest absolute Gasteiger partial charge is 0.298 e. The summed E-state index contributed by atoms with van der Waals surface area (Å²) < 4.78 is 5.86. The van der Waals surface area contributed by atoms with Gasteiger partial charge >= 0.3 is 0 Å². The number of carbonyl (C=O) groups excluding carboxylic acids is 2. The molecule has 1 fully saturated rings. The maximum atomic E-state index is 12.8. The van der Waals surface area contributed by atoms with Crippen LogP contribution in [0.4, 0.5) is 16.8 Å². The number of anilines is 3. The molecule has 0 saturated carbocycles. The zero-order valence-electron chi connectivity index (χ0n) is 18.1. The molecule has 2 aromatic heterocycles. The Morgan fingerprint density at radius 3 is 2.52 bits per heavy atom. The average molecular weight is 462 g/mol. The molecular weight excluding hydrogens is 438 g/mol. The molecule has 1 aliphatic rings. The third-order valence-corrected chi connectivity index (χ3v) is 6.41. The van der Waals surface area contributed by atoms with Crippen molar-refractivity contribution in [3.8, 4) is 11.3 Å². The number of nitrogens with one attached hydrogen (secondary N) is 2. The Balaban J connectivity index is 1.17. The van der Waals surface area contributed by atoms with Crippen LogP contribution in [0, 0.1) is 5.92 Å². The fourth-order valence-corrected chi connectivity index (χ4v) is 4.65. The number of piperidine rings is 1. The number of benzene rings is 2. The molecule has 0 radical (unpaired) electrons. The van der Waals surface area contributed by atoms with Gasteiger partial charge in [0.1, 0.15) is 5.52 Å². The summed E-state index contributed by atoms with van der Waals surface area (Å²) in [5, 5.41) is 8.21. The van der Waals surface area contributed by atoms with E-state index < -0.39 is 0 Å². The largest absolute Gasteiger partial charge is 0.423 e. The van der Waals surface area contributed by atoms with Crippen molar-refractivity contribution in [3.05, 3.63) is 53.9 Å². The molecule has 0 atom stereocenters. The number of fused-ring (bicyclic) bond motifs is 1. The lowest BCUT2D eigenvalue weighted by atomic mass is 9.96. The average Bonchev–Trinajstić information content (AvgIpc) is 3.46. The van der Waals surface area contributed by atoms with Crippen LogP contribution in [0.3, 0.4) is 0 Å². The third-order valence-electron chi connectivity index (χ3n) is 5.65. The van der Waals surface area contributed by atoms with Crippen molar-refractivity contribution in [2.45, 2.75) is 19.8 Å². The Morgan fingerprint density at radius 1 is 1.03 bits per heavy atom. The summed E-state index contributed by atoms with van der Waals surface area (Å²) in [5.74, 6) is -0.190. The van der Waals surface area contributed by atoms with E-state index in [-0.39, 0.29) is 17.7 Å². The Hall–Kier alpha value is -3.72. The number of amides is 2. The Kier molecular flexibility index (Phi) is 5.78. The van der Waals surface area contributed by atoms with E-state index in [2.05, 4.69) is 25.5 Å². The van der Waals surface area contributed by atoms with E-state index in [9.17, 15) is 9.59 Å². The van der Waals surface area contributed by atoms with Gasteiger partial charge < -0.3 is 20.0 Å². The van der Waals surface area contributed by atoms with Crippen molar-refractivity contribution in [1.29, 1.82) is 0 Å². The van der Waals surface area contributed by atoms with Crippen molar-refractivity contribution in [1.82, 2.24) is 9.97 Å². The van der Waals surface area contributed by atoms with Crippen molar-refractivity contribution < 1.29 is 14.0 Å². The first-order valence-corrected chi connectivity index (χ1v) is 11.7. The normalized spacial score (nSPS) is 14.4. The van der Waals surface area contributed by atoms with Crippen molar-refractivity contribution in [2.75, 3.05) is 28.6 Å². The molecule has 2 amide bonds. The van der Waals surface area contributed by atoms with Crippen molar-refractivity contribution >= 4 is 51.1 Å². The number of oxazole rings is 1. The third kappa shape index (κ3) is 4.73. The van der Waals surface area contributed by atoms with Gasteiger partial charge in [0.05, 0.1) is 5.69 Å². The molecule has 9 heteroatoms. The molecule has 1 aliphatic heterocycles. The Bertz CT molecular complexity index is 1260. The van der Waals surface area contributed by atoms with Gasteiger partial charge in [0.2, 0.25) is 11.8 Å². The highest BCUT2D eigenvalue weighted by Gasteiger charge is 2.27. The molecule has 0 unspecified atom stereocenters. The number of carbonyl (C=O) groups is 2. The van der Waals surface area contributed by atoms with E-state index in [1.54, 1.807) is 0 Å². The first-order chi connectivity index (χ1) is 16.0. The summed E-state index contributed by atoms with van der Waals surface area (Å²) in [5.41, 5.74) is 4.07. The highest BCUT2D eigenvalue weighted by molar-refractivity contribution is 7.14. The zero-order chi connectivity index (χ0) is 22.8. The van der Waals surface area contributed by atoms with E-state index in [0.29, 0.717) is 24.2 Å². The van der Waals surface area contributed by atoms with Gasteiger partial charge in [-0.05, 0) is 37.1 Å². The zero-order valence-corrected chi connectivity index (χ0v) is 18.9. The minimum absolute atomic E-state index is 0.00544. The monoisotopic (exact) mass is 461 g/mol. The van der Waals surface area contributed by atoms with E-state index in [0.717, 1.165) is 40.9 Å². The molecule has 5 rings (SSSR count). The van der Waals surface area contributed by atoms with Crippen LogP contribution in [0.1, 0.15) is 19.8 Å². The molecule has 33 heavy (non-hydrogen) atoms. The van der Waals surface area contributed by atoms with Crippen LogP contribution < -0.4 is 15.5 Å². The highest BCUT2D eigenvalue weighted by atomic mass is 32.1. The minimum atomic E-state index is -0.110. The quantitative estimate of drug-likeness (QED) is 0.444. The lowest BCUT2D eigenvalue weighted by Crippen LogP contribution is -2.38. The molecular formula is C24H23N5O3S. The van der Waals surface area contributed by atoms with E-state index >= 15 is 0 Å². The van der Waals surface area contributed by atoms with Crippen LogP contribution in [-0.2, 0) is 9.59 Å². The van der Waals surface area contributed by atoms with Gasteiger partial charge in [-0.1, -0.05) is 24.3 Å². The summed E-state index contributed by atoms with van der Waals surface area (Å²) in [7, 11) is 0. The minimum Gasteiger partial charge on any atom is -0.423 e. The number of thiazole rings is 1. The predicted octanol–water partition coefficient (Wildman–Crippen LogP) is 4.76. The van der Waals surface area contributed by atoms with Crippen LogP contribution in [0.2, 0.25) is 0 Å². The van der Waals surface area contributed by atoms with Crippen LogP contribution in [-0.4, -0.2) is 34.9 Å². The number of nitrogens with zero attached hydrogens (tertiary/aromatic N) is 3. The van der Waals surface area contributed by atoms with Gasteiger partial charge in [-0.15, -0.1) is 11.3 Å². The first-order valence-electron chi connectivity index (χ1n) is 10.8. The molecule has 2 aromatic carbocycles. The van der Waals surface area contributed by atoms with E-state index in [4.69, 9.17) is 4.42 Å². The topological polar surface area (TPSA) is 100 Å². The lowest BCUT2D eigenvalue weighted by molar-refractivity contribution is -0.120. The fourth-order valence-electron chi connectivity index (χ4n) is 3.93. The standard InChI is InChI=1S/C24H23N5O3S/c1-15(30)25-18-8-6-16(7-9-18)20-14-33-23(26-20)28-22(31)17-10-12-29(13-11-17)24-27-19-4-2-3-5-21(19)32-24/h2-9,14,17H,10-13H2,1H3,(H,25,30)(H,26,28,31). The van der Waals surface area contributed by atoms with Gasteiger partial charge in [-0.25, -0.2) is 4.98 Å². The first kappa shape index (κ1) is 21.1. The van der Waals surface area contributed by atoms with Crippen molar-refractivity contribution in [2.24, 2.45) is 5.92 Å². The second kappa shape index (κ2) is 9.03. The maximum Gasteiger partial charge on any atom is 0.298 e. The van der Waals surface area contributed by atoms with Gasteiger partial charge in [0.15, 0.2) is 10.7 Å².